The number of tetrazole rings is 1. The molecular formula is C22H17N7O2. The first-order valence-corrected chi connectivity index (χ1v) is 9.38. The Balaban J connectivity index is 1.40. The Morgan fingerprint density at radius 1 is 1.19 bits per heavy atom. The summed E-state index contributed by atoms with van der Waals surface area (Å²) in [6.45, 7) is 1.87. The lowest BCUT2D eigenvalue weighted by Crippen LogP contribution is -2.15. The molecule has 2 aromatic carbocycles. The van der Waals surface area contributed by atoms with Gasteiger partial charge in [0.2, 0.25) is 11.8 Å². The van der Waals surface area contributed by atoms with Crippen LogP contribution in [0.2, 0.25) is 0 Å². The molecule has 0 atom stereocenters. The van der Waals surface area contributed by atoms with E-state index in [0.29, 0.717) is 17.0 Å². The average Bonchev–Trinajstić information content (AvgIpc) is 3.31. The molecule has 152 valence electrons. The first kappa shape index (κ1) is 19.7. The number of nitriles is 1. The second kappa shape index (κ2) is 8.84. The fourth-order valence-electron chi connectivity index (χ4n) is 2.93. The Kier molecular flexibility index (Phi) is 5.62. The summed E-state index contributed by atoms with van der Waals surface area (Å²) in [6, 6.07) is 18.1. The van der Waals surface area contributed by atoms with Crippen LogP contribution in [0.5, 0.6) is 11.6 Å². The largest absolute Gasteiger partial charge is 0.438 e. The number of aryl methyl sites for hydroxylation is 1. The van der Waals surface area contributed by atoms with Crippen molar-refractivity contribution in [3.8, 4) is 23.4 Å². The van der Waals surface area contributed by atoms with E-state index in [1.807, 2.05) is 37.3 Å². The van der Waals surface area contributed by atoms with E-state index in [2.05, 4.69) is 25.8 Å². The van der Waals surface area contributed by atoms with Gasteiger partial charge in [-0.15, -0.1) is 5.10 Å². The lowest BCUT2D eigenvalue weighted by molar-refractivity contribution is -0.115. The Hall–Kier alpha value is -4.58. The first-order valence-electron chi connectivity index (χ1n) is 9.38. The molecule has 0 unspecified atom stereocenters. The molecule has 9 nitrogen and oxygen atoms in total. The molecule has 0 spiro atoms. The fraction of sp³-hybridized carbons (Fsp3) is 0.0909. The van der Waals surface area contributed by atoms with E-state index in [4.69, 9.17) is 10.00 Å². The third-order valence-corrected chi connectivity index (χ3v) is 4.49. The predicted molar refractivity (Wildman–Crippen MR) is 112 cm³/mol. The van der Waals surface area contributed by atoms with E-state index in [1.54, 1.807) is 41.2 Å². The summed E-state index contributed by atoms with van der Waals surface area (Å²) in [6.07, 6.45) is 3.30. The number of anilines is 1. The maximum absolute atomic E-state index is 12.5. The van der Waals surface area contributed by atoms with Crippen LogP contribution in [0.25, 0.3) is 5.69 Å². The minimum Gasteiger partial charge on any atom is -0.438 e. The van der Waals surface area contributed by atoms with Gasteiger partial charge in [-0.25, -0.2) is 9.67 Å². The topological polar surface area (TPSA) is 119 Å². The third kappa shape index (κ3) is 4.71. The van der Waals surface area contributed by atoms with Gasteiger partial charge in [-0.1, -0.05) is 12.1 Å². The second-order valence-corrected chi connectivity index (χ2v) is 6.69. The van der Waals surface area contributed by atoms with Crippen LogP contribution in [0.15, 0.2) is 67.1 Å². The molecule has 1 amide bonds. The highest BCUT2D eigenvalue weighted by atomic mass is 16.5. The summed E-state index contributed by atoms with van der Waals surface area (Å²) in [5.41, 5.74) is 3.54. The number of benzene rings is 2. The highest BCUT2D eigenvalue weighted by Crippen LogP contribution is 2.26. The van der Waals surface area contributed by atoms with Crippen molar-refractivity contribution in [1.82, 2.24) is 25.2 Å². The minimum atomic E-state index is -0.136. The number of carbonyl (C=O) groups excluding carboxylic acids is 1. The number of carbonyl (C=O) groups is 1. The van der Waals surface area contributed by atoms with Crippen molar-refractivity contribution in [3.05, 3.63) is 83.8 Å². The number of rotatable bonds is 6. The van der Waals surface area contributed by atoms with Crippen LogP contribution >= 0.6 is 0 Å². The zero-order chi connectivity index (χ0) is 21.6. The molecule has 2 aromatic heterocycles. The van der Waals surface area contributed by atoms with E-state index in [9.17, 15) is 4.79 Å². The van der Waals surface area contributed by atoms with Crippen molar-refractivity contribution in [2.24, 2.45) is 0 Å². The molecule has 0 saturated carbocycles. The number of hydrogen-bond donors (Lipinski definition) is 1. The number of hydrogen-bond acceptors (Lipinski definition) is 7. The van der Waals surface area contributed by atoms with E-state index in [0.717, 1.165) is 16.8 Å². The molecule has 4 rings (SSSR count). The van der Waals surface area contributed by atoms with Crippen LogP contribution in [-0.4, -0.2) is 31.1 Å². The molecule has 0 bridgehead atoms. The van der Waals surface area contributed by atoms with Crippen molar-refractivity contribution in [3.63, 3.8) is 0 Å². The van der Waals surface area contributed by atoms with Gasteiger partial charge >= 0.3 is 0 Å². The van der Waals surface area contributed by atoms with Crippen LogP contribution in [0, 0.1) is 18.3 Å². The zero-order valence-corrected chi connectivity index (χ0v) is 16.6. The van der Waals surface area contributed by atoms with Gasteiger partial charge < -0.3 is 10.1 Å². The van der Waals surface area contributed by atoms with Crippen LogP contribution < -0.4 is 10.1 Å². The van der Waals surface area contributed by atoms with Crippen molar-refractivity contribution in [2.75, 3.05) is 5.32 Å². The van der Waals surface area contributed by atoms with Gasteiger partial charge in [-0.05, 0) is 70.9 Å². The number of nitrogens with one attached hydrogen (secondary N) is 1. The van der Waals surface area contributed by atoms with Gasteiger partial charge in [-0.2, -0.15) is 5.26 Å². The molecule has 1 N–H and O–H groups in total. The normalized spacial score (nSPS) is 10.3. The highest BCUT2D eigenvalue weighted by Gasteiger charge is 2.10. The van der Waals surface area contributed by atoms with Crippen LogP contribution in [0.4, 0.5) is 5.69 Å². The lowest BCUT2D eigenvalue weighted by Gasteiger charge is -2.11. The summed E-state index contributed by atoms with van der Waals surface area (Å²) in [5, 5.41) is 23.1. The van der Waals surface area contributed by atoms with Gasteiger partial charge in [0.25, 0.3) is 0 Å². The lowest BCUT2D eigenvalue weighted by atomic mass is 10.1. The summed E-state index contributed by atoms with van der Waals surface area (Å²) in [4.78, 5) is 16.6. The predicted octanol–water partition coefficient (Wildman–Crippen LogP) is 3.21. The Bertz CT molecular complexity index is 1250. The van der Waals surface area contributed by atoms with Crippen LogP contribution in [-0.2, 0) is 11.2 Å². The van der Waals surface area contributed by atoms with Crippen LogP contribution in [0.3, 0.4) is 0 Å². The number of ether oxygens (including phenoxy) is 1. The number of aromatic nitrogens is 5. The highest BCUT2D eigenvalue weighted by molar-refractivity contribution is 5.93. The standard InChI is InChI=1S/C22H17N7O2/c1-15-11-19(31-22-17(13-23)3-2-10-24-22)8-9-20(15)26-21(30)12-16-4-6-18(7-5-16)29-14-25-27-28-29/h2-11,14H,12H2,1H3,(H,26,30). The third-order valence-electron chi connectivity index (χ3n) is 4.49. The molecule has 0 fully saturated rings. The maximum atomic E-state index is 12.5. The molecule has 4 aromatic rings. The van der Waals surface area contributed by atoms with Gasteiger partial charge in [0, 0.05) is 11.9 Å². The number of pyridine rings is 1. The first-order chi connectivity index (χ1) is 15.1. The Morgan fingerprint density at radius 2 is 2.03 bits per heavy atom. The number of amides is 1. The molecule has 0 aliphatic carbocycles. The van der Waals surface area contributed by atoms with Gasteiger partial charge in [0.15, 0.2) is 0 Å². The maximum Gasteiger partial charge on any atom is 0.237 e. The van der Waals surface area contributed by atoms with Crippen LogP contribution in [0.1, 0.15) is 16.7 Å². The molecular weight excluding hydrogens is 394 g/mol. The number of nitrogens with zero attached hydrogens (tertiary/aromatic N) is 6. The molecule has 0 saturated heterocycles. The van der Waals surface area contributed by atoms with Crippen molar-refractivity contribution < 1.29 is 9.53 Å². The summed E-state index contributed by atoms with van der Waals surface area (Å²) < 4.78 is 7.26. The average molecular weight is 411 g/mol. The summed E-state index contributed by atoms with van der Waals surface area (Å²) in [5.74, 6) is 0.638. The van der Waals surface area contributed by atoms with Gasteiger partial charge in [0.1, 0.15) is 23.7 Å². The Morgan fingerprint density at radius 3 is 2.74 bits per heavy atom. The minimum absolute atomic E-state index is 0.136. The SMILES string of the molecule is Cc1cc(Oc2ncccc2C#N)ccc1NC(=O)Cc1ccc(-n2cnnn2)cc1. The monoisotopic (exact) mass is 411 g/mol. The molecule has 9 heteroatoms. The van der Waals surface area contributed by atoms with Crippen molar-refractivity contribution >= 4 is 11.6 Å². The van der Waals surface area contributed by atoms with E-state index >= 15 is 0 Å². The summed E-state index contributed by atoms with van der Waals surface area (Å²) in [7, 11) is 0. The molecule has 2 heterocycles. The fourth-order valence-corrected chi connectivity index (χ4v) is 2.93. The smallest absolute Gasteiger partial charge is 0.237 e. The van der Waals surface area contributed by atoms with E-state index < -0.39 is 0 Å². The van der Waals surface area contributed by atoms with Gasteiger partial charge in [-0.3, -0.25) is 4.79 Å². The van der Waals surface area contributed by atoms with Crippen molar-refractivity contribution in [2.45, 2.75) is 13.3 Å². The Labute approximate surface area is 177 Å². The zero-order valence-electron chi connectivity index (χ0n) is 16.6. The van der Waals surface area contributed by atoms with Gasteiger partial charge in [0.05, 0.1) is 12.1 Å². The van der Waals surface area contributed by atoms with E-state index in [-0.39, 0.29) is 18.2 Å². The van der Waals surface area contributed by atoms with Crippen molar-refractivity contribution in [1.29, 1.82) is 5.26 Å². The quantitative estimate of drug-likeness (QED) is 0.517. The summed E-state index contributed by atoms with van der Waals surface area (Å²) >= 11 is 0. The molecule has 0 radical (unpaired) electrons. The molecule has 0 aliphatic rings. The molecule has 0 aliphatic heterocycles. The second-order valence-electron chi connectivity index (χ2n) is 6.69. The molecule has 31 heavy (non-hydrogen) atoms. The van der Waals surface area contributed by atoms with E-state index in [1.165, 1.54) is 6.33 Å².